The van der Waals surface area contributed by atoms with Gasteiger partial charge in [0, 0.05) is 133 Å². The zero-order valence-electron chi connectivity index (χ0n) is 76.5. The number of fused-ring (bicyclic) bond motifs is 9. The summed E-state index contributed by atoms with van der Waals surface area (Å²) in [5.74, 6) is 2.50. The van der Waals surface area contributed by atoms with Crippen molar-refractivity contribution in [2.24, 2.45) is 17.8 Å². The van der Waals surface area contributed by atoms with Crippen molar-refractivity contribution in [1.82, 2.24) is 49.4 Å². The Morgan fingerprint density at radius 3 is 1.14 bits per heavy atom. The van der Waals surface area contributed by atoms with Gasteiger partial charge in [-0.2, -0.15) is 11.3 Å². The van der Waals surface area contributed by atoms with Gasteiger partial charge in [0.25, 0.3) is 0 Å². The summed E-state index contributed by atoms with van der Waals surface area (Å²) in [6.07, 6.45) is 37.5. The Bertz CT molecular complexity index is 6460. The molecule has 0 N–H and O–H groups in total. The van der Waals surface area contributed by atoms with Gasteiger partial charge in [0.15, 0.2) is 0 Å². The summed E-state index contributed by atoms with van der Waals surface area (Å²) in [5.41, 5.74) is 21.6. The standard InChI is InChI=1S/C31H32N3Si.C25H27N2OSi.C25H27N2SSi.3C11H8N.3Ir/c1-35(2,3)30-21-33-28(20-24(30)18-22-10-7-8-11-22)23-15-16-29-27(19-23)26-14-9-17-32-31(26)34(29)25-12-5-4-6-13-25;2*1-29(2,3)24-16-27-22(15-19(24)13-17-7-4-5-8-17)18-10-11-23-21(14-18)20-9-6-12-26-25(20)28-23;3*1-2-6-10(7-3-1)11-8-4-5-9-12-11;;;/h4-6,9,12-14,16-17,19-22H,7-8,10-11,18H2,1-3H3;2*6,9,11-12,14-17H,4-5,7-8,13H2,1-3H3;3*1-6,8-9H;;;/q6*-1;;;. The molecule has 12 aromatic heterocycles. The average molecular weight is 2330 g/mol. The topological polar surface area (TPSA) is 134 Å². The Morgan fingerprint density at radius 1 is 0.326 bits per heavy atom. The quantitative estimate of drug-likeness (QED) is 0.0680. The van der Waals surface area contributed by atoms with Gasteiger partial charge in [-0.15, -0.1) is 179 Å². The van der Waals surface area contributed by atoms with Crippen LogP contribution in [0.5, 0.6) is 0 Å². The van der Waals surface area contributed by atoms with Gasteiger partial charge in [0.2, 0.25) is 5.71 Å². The smallest absolute Gasteiger partial charge is 0.216 e. The number of pyridine rings is 9. The summed E-state index contributed by atoms with van der Waals surface area (Å²) in [4.78, 5) is 42.1. The number of aromatic nitrogens is 10. The largest absolute Gasteiger partial charge is 0.486 e. The minimum atomic E-state index is -1.47. The molecule has 18 heteroatoms. The van der Waals surface area contributed by atoms with E-state index < -0.39 is 24.2 Å². The van der Waals surface area contributed by atoms with Crippen molar-refractivity contribution in [3.8, 4) is 73.2 Å². The minimum absolute atomic E-state index is 0. The maximum atomic E-state index is 5.86. The third kappa shape index (κ3) is 24.1. The van der Waals surface area contributed by atoms with Gasteiger partial charge >= 0.3 is 0 Å². The van der Waals surface area contributed by atoms with Gasteiger partial charge in [-0.3, -0.25) is 0 Å². The van der Waals surface area contributed by atoms with Crippen LogP contribution in [0.25, 0.3) is 138 Å². The molecule has 0 saturated heterocycles. The fraction of sp³-hybridized carbons (Fsp3) is 0.237. The fourth-order valence-electron chi connectivity index (χ4n) is 18.4. The molecule has 3 radical (unpaired) electrons. The molecule has 19 aromatic rings. The van der Waals surface area contributed by atoms with E-state index in [1.807, 2.05) is 170 Å². The van der Waals surface area contributed by atoms with Crippen LogP contribution < -0.4 is 15.6 Å². The Hall–Kier alpha value is -10.7. The molecule has 22 rings (SSSR count). The van der Waals surface area contributed by atoms with Crippen molar-refractivity contribution in [3.63, 3.8) is 0 Å². The second kappa shape index (κ2) is 45.4. The van der Waals surface area contributed by atoms with Gasteiger partial charge in [-0.1, -0.05) is 254 Å². The third-order valence-electron chi connectivity index (χ3n) is 25.0. The number of thiophene rings is 1. The van der Waals surface area contributed by atoms with Crippen molar-refractivity contribution < 1.29 is 64.7 Å². The number of para-hydroxylation sites is 1. The summed E-state index contributed by atoms with van der Waals surface area (Å²) >= 11 is 1.74. The molecule has 132 heavy (non-hydrogen) atoms. The van der Waals surface area contributed by atoms with E-state index in [1.54, 1.807) is 36.1 Å². The van der Waals surface area contributed by atoms with Crippen LogP contribution >= 0.6 is 11.3 Å². The second-order valence-electron chi connectivity index (χ2n) is 37.3. The predicted molar refractivity (Wildman–Crippen MR) is 545 cm³/mol. The molecule has 12 heterocycles. The number of furan rings is 1. The van der Waals surface area contributed by atoms with Crippen LogP contribution in [-0.4, -0.2) is 73.6 Å². The van der Waals surface area contributed by atoms with E-state index in [4.69, 9.17) is 24.4 Å². The van der Waals surface area contributed by atoms with E-state index in [-0.39, 0.29) is 60.3 Å². The molecular weight excluding hydrogens is 2220 g/mol. The van der Waals surface area contributed by atoms with E-state index >= 15 is 0 Å². The molecule has 3 aliphatic rings. The predicted octanol–water partition coefficient (Wildman–Crippen LogP) is 27.7. The summed E-state index contributed by atoms with van der Waals surface area (Å²) < 4.78 is 9.34. The van der Waals surface area contributed by atoms with Crippen LogP contribution in [0.2, 0.25) is 58.9 Å². The molecule has 11 nitrogen and oxygen atoms in total. The average Bonchev–Trinajstić information content (AvgIpc) is 1.59. The molecule has 0 bridgehead atoms. The summed E-state index contributed by atoms with van der Waals surface area (Å²) in [5, 5.41) is 11.5. The number of rotatable bonds is 16. The van der Waals surface area contributed by atoms with Crippen LogP contribution in [0, 0.1) is 54.2 Å². The zero-order valence-corrected chi connectivity index (χ0v) is 87.5. The summed E-state index contributed by atoms with van der Waals surface area (Å²) in [7, 11) is -4.33. The molecule has 0 aliphatic heterocycles. The molecule has 3 fully saturated rings. The molecule has 0 atom stereocenters. The van der Waals surface area contributed by atoms with E-state index in [1.165, 1.54) is 149 Å². The van der Waals surface area contributed by atoms with E-state index in [0.717, 1.165) is 129 Å². The van der Waals surface area contributed by atoms with Crippen LogP contribution in [0.3, 0.4) is 0 Å². The van der Waals surface area contributed by atoms with Crippen molar-refractivity contribution in [2.45, 2.75) is 155 Å². The van der Waals surface area contributed by atoms with Crippen LogP contribution in [0.4, 0.5) is 0 Å². The number of benzene rings is 7. The van der Waals surface area contributed by atoms with Crippen molar-refractivity contribution >= 4 is 115 Å². The Kier molecular flexibility index (Phi) is 33.4. The zero-order chi connectivity index (χ0) is 88.7. The first-order valence-corrected chi connectivity index (χ1v) is 57.1. The van der Waals surface area contributed by atoms with E-state index in [0.29, 0.717) is 5.71 Å². The molecule has 0 amide bonds. The summed E-state index contributed by atoms with van der Waals surface area (Å²) in [6.45, 7) is 21.9. The van der Waals surface area contributed by atoms with E-state index in [2.05, 4.69) is 234 Å². The second-order valence-corrected chi connectivity index (χ2v) is 53.5. The first kappa shape index (κ1) is 97.3. The first-order valence-electron chi connectivity index (χ1n) is 45.7. The maximum absolute atomic E-state index is 5.86. The first-order chi connectivity index (χ1) is 62.9. The molecule has 673 valence electrons. The van der Waals surface area contributed by atoms with Gasteiger partial charge in [0.05, 0.1) is 29.8 Å². The molecule has 0 spiro atoms. The number of nitrogens with zero attached hydrogens (tertiary/aromatic N) is 10. The molecule has 3 aliphatic carbocycles. The monoisotopic (exact) mass is 2330 g/mol. The van der Waals surface area contributed by atoms with Gasteiger partial charge < -0.3 is 38.9 Å². The molecule has 3 saturated carbocycles. The van der Waals surface area contributed by atoms with E-state index in [9.17, 15) is 0 Å². The number of hydrogen-bond acceptors (Lipinski definition) is 11. The number of hydrogen-bond donors (Lipinski definition) is 0. The Balaban J connectivity index is 0.000000133. The van der Waals surface area contributed by atoms with Crippen LogP contribution in [-0.2, 0) is 79.6 Å². The van der Waals surface area contributed by atoms with Gasteiger partial charge in [-0.25, -0.2) is 15.0 Å². The van der Waals surface area contributed by atoms with Crippen molar-refractivity contribution in [3.05, 3.63) is 358 Å². The minimum Gasteiger partial charge on any atom is -0.486 e. The third-order valence-corrected chi connectivity index (χ3v) is 32.2. The Morgan fingerprint density at radius 2 is 0.712 bits per heavy atom. The van der Waals surface area contributed by atoms with Crippen LogP contribution in [0.1, 0.15) is 93.7 Å². The molecule has 7 aromatic carbocycles. The normalized spacial score (nSPS) is 13.4. The molecular formula is C114H110Ir3N10OSSi3-6. The van der Waals surface area contributed by atoms with Gasteiger partial charge in [-0.05, 0) is 157 Å². The summed E-state index contributed by atoms with van der Waals surface area (Å²) in [6, 6.07) is 104. The van der Waals surface area contributed by atoms with Crippen molar-refractivity contribution in [2.75, 3.05) is 0 Å². The maximum Gasteiger partial charge on any atom is 0.216 e. The van der Waals surface area contributed by atoms with Crippen molar-refractivity contribution in [1.29, 1.82) is 0 Å². The fourth-order valence-corrected chi connectivity index (χ4v) is 24.2. The SMILES string of the molecule is C[Si](C)(C)c1cnc(-c2[c-]cc3c(c2)c2cccnc2n3-c2ccccc2)cc1CC1CCCC1.C[Si](C)(C)c1cnc(-c2[c-]cc3oc4ncccc4c3c2)cc1CC1CCCC1.C[Si](C)(C)c1cnc(-c2[c-]cc3sc4ncccc4c3c2)cc1CC1CCCC1.[Ir].[Ir].[Ir].[c-]1ccccc1-c1ccccn1.[c-]1ccccc1-c1ccccn1.[c-]1ccccc1-c1ccccn1. The van der Waals surface area contributed by atoms with Gasteiger partial charge in [0.1, 0.15) is 10.5 Å². The molecule has 0 unspecified atom stereocenters. The Labute approximate surface area is 825 Å². The van der Waals surface area contributed by atoms with Crippen LogP contribution in [0.15, 0.2) is 309 Å².